The zero-order valence-electron chi connectivity index (χ0n) is 9.94. The number of hydrogen-bond acceptors (Lipinski definition) is 2. The predicted octanol–water partition coefficient (Wildman–Crippen LogP) is 3.08. The van der Waals surface area contributed by atoms with Gasteiger partial charge in [-0.3, -0.25) is 4.79 Å². The molecule has 0 aliphatic carbocycles. The van der Waals surface area contributed by atoms with Gasteiger partial charge in [-0.05, 0) is 38.1 Å². The third-order valence-electron chi connectivity index (χ3n) is 2.60. The van der Waals surface area contributed by atoms with Crippen LogP contribution in [0.3, 0.4) is 0 Å². The minimum Gasteiger partial charge on any atom is -0.467 e. The number of amides is 1. The van der Waals surface area contributed by atoms with Gasteiger partial charge in [-0.2, -0.15) is 0 Å². The highest BCUT2D eigenvalue weighted by Crippen LogP contribution is 2.13. The average molecular weight is 229 g/mol. The minimum absolute atomic E-state index is 0.0856. The maximum Gasteiger partial charge on any atom is 0.251 e. The van der Waals surface area contributed by atoms with Gasteiger partial charge >= 0.3 is 0 Å². The molecule has 1 heterocycles. The summed E-state index contributed by atoms with van der Waals surface area (Å²) in [7, 11) is 0. The van der Waals surface area contributed by atoms with E-state index in [2.05, 4.69) is 5.32 Å². The molecule has 0 saturated carbocycles. The summed E-state index contributed by atoms with van der Waals surface area (Å²) in [6.07, 6.45) is 1.60. The molecule has 2 rings (SSSR count). The Balaban J connectivity index is 2.07. The Labute approximate surface area is 100 Å². The van der Waals surface area contributed by atoms with Gasteiger partial charge in [-0.1, -0.05) is 17.7 Å². The monoisotopic (exact) mass is 229 g/mol. The van der Waals surface area contributed by atoms with Crippen LogP contribution < -0.4 is 5.32 Å². The summed E-state index contributed by atoms with van der Waals surface area (Å²) in [6, 6.07) is 11.0. The molecule has 3 heteroatoms. The van der Waals surface area contributed by atoms with Crippen LogP contribution in [0, 0.1) is 6.92 Å². The van der Waals surface area contributed by atoms with E-state index in [1.54, 1.807) is 12.3 Å². The van der Waals surface area contributed by atoms with Crippen molar-refractivity contribution in [3.05, 3.63) is 59.5 Å². The summed E-state index contributed by atoms with van der Waals surface area (Å²) >= 11 is 0. The molecular weight excluding hydrogens is 214 g/mol. The van der Waals surface area contributed by atoms with E-state index in [4.69, 9.17) is 4.42 Å². The highest BCUT2D eigenvalue weighted by molar-refractivity contribution is 5.94. The van der Waals surface area contributed by atoms with Crippen molar-refractivity contribution in [2.45, 2.75) is 19.9 Å². The molecule has 0 bridgehead atoms. The van der Waals surface area contributed by atoms with Gasteiger partial charge < -0.3 is 9.73 Å². The number of aryl methyl sites for hydroxylation is 1. The van der Waals surface area contributed by atoms with Crippen molar-refractivity contribution in [3.8, 4) is 0 Å². The second kappa shape index (κ2) is 4.87. The van der Waals surface area contributed by atoms with Gasteiger partial charge in [0.15, 0.2) is 0 Å². The van der Waals surface area contributed by atoms with Crippen molar-refractivity contribution in [2.24, 2.45) is 0 Å². The molecule has 88 valence electrons. The van der Waals surface area contributed by atoms with Crippen LogP contribution in [0.1, 0.15) is 34.6 Å². The third-order valence-corrected chi connectivity index (χ3v) is 2.60. The molecule has 1 N–H and O–H groups in total. The number of hydrogen-bond donors (Lipinski definition) is 1. The molecule has 3 nitrogen and oxygen atoms in total. The van der Waals surface area contributed by atoms with Crippen molar-refractivity contribution in [1.29, 1.82) is 0 Å². The Morgan fingerprint density at radius 1 is 1.29 bits per heavy atom. The lowest BCUT2D eigenvalue weighted by molar-refractivity contribution is 0.0935. The smallest absolute Gasteiger partial charge is 0.251 e. The number of nitrogens with one attached hydrogen (secondary N) is 1. The largest absolute Gasteiger partial charge is 0.467 e. The maximum atomic E-state index is 11.9. The van der Waals surface area contributed by atoms with E-state index in [9.17, 15) is 4.79 Å². The lowest BCUT2D eigenvalue weighted by Crippen LogP contribution is -2.26. The fraction of sp³-hybridized carbons (Fsp3) is 0.214. The normalized spacial score (nSPS) is 12.1. The van der Waals surface area contributed by atoms with E-state index in [1.807, 2.05) is 44.2 Å². The average Bonchev–Trinajstić information content (AvgIpc) is 2.82. The van der Waals surface area contributed by atoms with Crippen molar-refractivity contribution in [3.63, 3.8) is 0 Å². The number of rotatable bonds is 3. The standard InChI is InChI=1S/C14H15NO2/c1-10-5-3-6-12(9-10)14(16)15-11(2)13-7-4-8-17-13/h3-9,11H,1-2H3,(H,15,16). The molecule has 0 saturated heterocycles. The van der Waals surface area contributed by atoms with Gasteiger partial charge in [0.1, 0.15) is 5.76 Å². The molecule has 0 spiro atoms. The van der Waals surface area contributed by atoms with Gasteiger partial charge in [0.25, 0.3) is 5.91 Å². The summed E-state index contributed by atoms with van der Waals surface area (Å²) in [5, 5.41) is 2.89. The van der Waals surface area contributed by atoms with Gasteiger partial charge in [0, 0.05) is 5.56 Å². The first-order valence-corrected chi connectivity index (χ1v) is 5.58. The first kappa shape index (κ1) is 11.5. The van der Waals surface area contributed by atoms with Crippen LogP contribution in [-0.4, -0.2) is 5.91 Å². The van der Waals surface area contributed by atoms with E-state index in [0.29, 0.717) is 5.56 Å². The molecule has 2 aromatic rings. The molecule has 1 aromatic heterocycles. The topological polar surface area (TPSA) is 42.2 Å². The molecule has 1 aromatic carbocycles. The molecule has 1 amide bonds. The van der Waals surface area contributed by atoms with Crippen LogP contribution in [0.5, 0.6) is 0 Å². The predicted molar refractivity (Wildman–Crippen MR) is 65.8 cm³/mol. The van der Waals surface area contributed by atoms with Crippen LogP contribution in [-0.2, 0) is 0 Å². The summed E-state index contributed by atoms with van der Waals surface area (Å²) in [5.41, 5.74) is 1.74. The van der Waals surface area contributed by atoms with Crippen molar-refractivity contribution < 1.29 is 9.21 Å². The van der Waals surface area contributed by atoms with Gasteiger partial charge in [0.05, 0.1) is 12.3 Å². The van der Waals surface area contributed by atoms with Gasteiger partial charge in [0.2, 0.25) is 0 Å². The van der Waals surface area contributed by atoms with Crippen LogP contribution in [0.15, 0.2) is 47.1 Å². The minimum atomic E-state index is -0.127. The quantitative estimate of drug-likeness (QED) is 0.878. The Morgan fingerprint density at radius 3 is 2.76 bits per heavy atom. The SMILES string of the molecule is Cc1cccc(C(=O)NC(C)c2ccco2)c1. The van der Waals surface area contributed by atoms with E-state index in [0.717, 1.165) is 11.3 Å². The van der Waals surface area contributed by atoms with Crippen LogP contribution >= 0.6 is 0 Å². The number of furan rings is 1. The van der Waals surface area contributed by atoms with Crippen LogP contribution in [0.4, 0.5) is 0 Å². The lowest BCUT2D eigenvalue weighted by atomic mass is 10.1. The van der Waals surface area contributed by atoms with Gasteiger partial charge in [-0.15, -0.1) is 0 Å². The van der Waals surface area contributed by atoms with E-state index < -0.39 is 0 Å². The van der Waals surface area contributed by atoms with E-state index >= 15 is 0 Å². The summed E-state index contributed by atoms with van der Waals surface area (Å²) in [4.78, 5) is 11.9. The molecule has 0 fully saturated rings. The van der Waals surface area contributed by atoms with Crippen molar-refractivity contribution >= 4 is 5.91 Å². The van der Waals surface area contributed by atoms with Crippen LogP contribution in [0.2, 0.25) is 0 Å². The first-order chi connectivity index (χ1) is 8.16. The highest BCUT2D eigenvalue weighted by atomic mass is 16.3. The van der Waals surface area contributed by atoms with Crippen LogP contribution in [0.25, 0.3) is 0 Å². The van der Waals surface area contributed by atoms with E-state index in [1.165, 1.54) is 0 Å². The summed E-state index contributed by atoms with van der Waals surface area (Å²) < 4.78 is 5.24. The Morgan fingerprint density at radius 2 is 2.12 bits per heavy atom. The number of benzene rings is 1. The van der Waals surface area contributed by atoms with Crippen molar-refractivity contribution in [1.82, 2.24) is 5.32 Å². The molecule has 1 unspecified atom stereocenters. The summed E-state index contributed by atoms with van der Waals surface area (Å²) in [6.45, 7) is 3.86. The zero-order chi connectivity index (χ0) is 12.3. The Hall–Kier alpha value is -2.03. The summed E-state index contributed by atoms with van der Waals surface area (Å²) in [5.74, 6) is 0.670. The molecular formula is C14H15NO2. The fourth-order valence-corrected chi connectivity index (χ4v) is 1.68. The maximum absolute atomic E-state index is 11.9. The molecule has 0 aliphatic heterocycles. The highest BCUT2D eigenvalue weighted by Gasteiger charge is 2.12. The third kappa shape index (κ3) is 2.75. The Bertz CT molecular complexity index is 503. The number of carbonyl (C=O) groups is 1. The molecule has 0 aliphatic rings. The fourth-order valence-electron chi connectivity index (χ4n) is 1.68. The second-order valence-electron chi connectivity index (χ2n) is 4.08. The molecule has 17 heavy (non-hydrogen) atoms. The number of carbonyl (C=O) groups excluding carboxylic acids is 1. The first-order valence-electron chi connectivity index (χ1n) is 5.58. The van der Waals surface area contributed by atoms with Crippen molar-refractivity contribution in [2.75, 3.05) is 0 Å². The lowest BCUT2D eigenvalue weighted by Gasteiger charge is -2.11. The zero-order valence-corrected chi connectivity index (χ0v) is 9.94. The second-order valence-corrected chi connectivity index (χ2v) is 4.08. The molecule has 0 radical (unpaired) electrons. The van der Waals surface area contributed by atoms with E-state index in [-0.39, 0.29) is 11.9 Å². The Kier molecular flexibility index (Phi) is 3.28. The molecule has 1 atom stereocenters. The van der Waals surface area contributed by atoms with Gasteiger partial charge in [-0.25, -0.2) is 0 Å².